The lowest BCUT2D eigenvalue weighted by molar-refractivity contribution is -0.142. The zero-order valence-corrected chi connectivity index (χ0v) is 17.2. The molecule has 8 heteroatoms. The molecule has 0 radical (unpaired) electrons. The Labute approximate surface area is 181 Å². The SMILES string of the molecule is O=C(C[C@H](O)CNC(=O)OCc1ccccc1)N[C@H](CCCc1ccccc1)C(=O)O. The van der Waals surface area contributed by atoms with Crippen molar-refractivity contribution >= 4 is 18.0 Å². The van der Waals surface area contributed by atoms with Crippen LogP contribution in [0.4, 0.5) is 4.79 Å². The molecule has 8 nitrogen and oxygen atoms in total. The van der Waals surface area contributed by atoms with Gasteiger partial charge in [-0.1, -0.05) is 60.7 Å². The van der Waals surface area contributed by atoms with E-state index in [-0.39, 0.29) is 26.0 Å². The molecule has 2 rings (SSSR count). The second-order valence-corrected chi connectivity index (χ2v) is 7.14. The van der Waals surface area contributed by atoms with Crippen molar-refractivity contribution in [2.24, 2.45) is 0 Å². The quantitative estimate of drug-likeness (QED) is 0.411. The molecule has 2 amide bonds. The van der Waals surface area contributed by atoms with Crippen molar-refractivity contribution in [2.45, 2.75) is 44.4 Å². The minimum absolute atomic E-state index is 0.0898. The highest BCUT2D eigenvalue weighted by Gasteiger charge is 2.21. The molecule has 0 aliphatic carbocycles. The normalized spacial score (nSPS) is 12.4. The summed E-state index contributed by atoms with van der Waals surface area (Å²) in [4.78, 5) is 35.2. The van der Waals surface area contributed by atoms with Gasteiger partial charge in [-0.3, -0.25) is 4.79 Å². The number of amides is 2. The van der Waals surface area contributed by atoms with Gasteiger partial charge in [-0.2, -0.15) is 0 Å². The summed E-state index contributed by atoms with van der Waals surface area (Å²) in [7, 11) is 0. The van der Waals surface area contributed by atoms with Crippen LogP contribution in [0.3, 0.4) is 0 Å². The van der Waals surface area contributed by atoms with Gasteiger partial charge in [0.1, 0.15) is 12.6 Å². The standard InChI is InChI=1S/C23H28N2O6/c26-19(15-24-23(30)31-16-18-10-5-2-6-11-18)14-21(27)25-20(22(28)29)13-7-12-17-8-3-1-4-9-17/h1-6,8-11,19-20,26H,7,12-16H2,(H,24,30)(H,25,27)(H,28,29)/t19-,20+/m0/s1. The molecule has 166 valence electrons. The number of alkyl carbamates (subject to hydrolysis) is 1. The molecular formula is C23H28N2O6. The molecule has 0 spiro atoms. The van der Waals surface area contributed by atoms with Crippen LogP contribution in [0, 0.1) is 0 Å². The number of carboxylic acids is 1. The number of aliphatic hydroxyl groups excluding tert-OH is 1. The molecule has 2 atom stereocenters. The van der Waals surface area contributed by atoms with E-state index in [4.69, 9.17) is 4.74 Å². The van der Waals surface area contributed by atoms with Gasteiger partial charge in [0.2, 0.25) is 5.91 Å². The number of nitrogens with one attached hydrogen (secondary N) is 2. The predicted octanol–water partition coefficient (Wildman–Crippen LogP) is 2.26. The number of carbonyl (C=O) groups excluding carboxylic acids is 2. The lowest BCUT2D eigenvalue weighted by Crippen LogP contribution is -2.43. The van der Waals surface area contributed by atoms with Crippen LogP contribution in [0.15, 0.2) is 60.7 Å². The first kappa shape index (κ1) is 23.9. The van der Waals surface area contributed by atoms with E-state index in [0.29, 0.717) is 12.8 Å². The fourth-order valence-electron chi connectivity index (χ4n) is 2.93. The third kappa shape index (κ3) is 9.77. The monoisotopic (exact) mass is 428 g/mol. The number of aryl methyl sites for hydroxylation is 1. The number of ether oxygens (including phenoxy) is 1. The van der Waals surface area contributed by atoms with Crippen molar-refractivity contribution < 1.29 is 29.3 Å². The Morgan fingerprint density at radius 1 is 0.935 bits per heavy atom. The van der Waals surface area contributed by atoms with Gasteiger partial charge in [-0.25, -0.2) is 9.59 Å². The second kappa shape index (κ2) is 13.0. The summed E-state index contributed by atoms with van der Waals surface area (Å²) >= 11 is 0. The van der Waals surface area contributed by atoms with E-state index in [9.17, 15) is 24.6 Å². The minimum atomic E-state index is -1.16. The number of benzene rings is 2. The van der Waals surface area contributed by atoms with Gasteiger partial charge in [0.15, 0.2) is 0 Å². The number of aliphatic hydroxyl groups is 1. The molecule has 0 bridgehead atoms. The summed E-state index contributed by atoms with van der Waals surface area (Å²) in [5.41, 5.74) is 1.92. The molecule has 0 saturated carbocycles. The van der Waals surface area contributed by atoms with Gasteiger partial charge in [-0.05, 0) is 30.4 Å². The summed E-state index contributed by atoms with van der Waals surface area (Å²) in [6.07, 6.45) is -0.635. The first-order valence-corrected chi connectivity index (χ1v) is 10.1. The molecule has 0 fully saturated rings. The first-order valence-electron chi connectivity index (χ1n) is 10.1. The molecule has 0 saturated heterocycles. The highest BCUT2D eigenvalue weighted by atomic mass is 16.5. The topological polar surface area (TPSA) is 125 Å². The molecule has 4 N–H and O–H groups in total. The van der Waals surface area contributed by atoms with E-state index in [2.05, 4.69) is 10.6 Å². The minimum Gasteiger partial charge on any atom is -0.480 e. The average Bonchev–Trinajstić information content (AvgIpc) is 2.77. The molecule has 0 aromatic heterocycles. The Morgan fingerprint density at radius 2 is 1.55 bits per heavy atom. The lowest BCUT2D eigenvalue weighted by atomic mass is 10.0. The maximum atomic E-state index is 12.1. The molecule has 0 aliphatic rings. The van der Waals surface area contributed by atoms with Crippen LogP contribution in [0.25, 0.3) is 0 Å². The van der Waals surface area contributed by atoms with Crippen molar-refractivity contribution in [1.29, 1.82) is 0 Å². The van der Waals surface area contributed by atoms with Crippen LogP contribution in [-0.4, -0.2) is 46.9 Å². The van der Waals surface area contributed by atoms with E-state index >= 15 is 0 Å². The smallest absolute Gasteiger partial charge is 0.407 e. The first-order chi connectivity index (χ1) is 14.9. The number of hydrogen-bond donors (Lipinski definition) is 4. The van der Waals surface area contributed by atoms with Gasteiger partial charge >= 0.3 is 12.1 Å². The van der Waals surface area contributed by atoms with Crippen LogP contribution in [0.1, 0.15) is 30.4 Å². The number of aliphatic carboxylic acids is 1. The van der Waals surface area contributed by atoms with E-state index in [1.54, 1.807) is 0 Å². The van der Waals surface area contributed by atoms with E-state index < -0.39 is 30.1 Å². The molecule has 0 aliphatic heterocycles. The molecule has 2 aromatic rings. The summed E-state index contributed by atoms with van der Waals surface area (Å²) in [5, 5.41) is 24.1. The van der Waals surface area contributed by atoms with Crippen molar-refractivity contribution in [3.63, 3.8) is 0 Å². The summed E-state index contributed by atoms with van der Waals surface area (Å²) < 4.78 is 5.02. The molecule has 0 heterocycles. The van der Waals surface area contributed by atoms with Gasteiger partial charge in [-0.15, -0.1) is 0 Å². The van der Waals surface area contributed by atoms with Gasteiger partial charge < -0.3 is 25.6 Å². The lowest BCUT2D eigenvalue weighted by Gasteiger charge is -2.16. The molecule has 0 unspecified atom stereocenters. The van der Waals surface area contributed by atoms with Crippen LogP contribution in [0.2, 0.25) is 0 Å². The van der Waals surface area contributed by atoms with Crippen molar-refractivity contribution in [1.82, 2.24) is 10.6 Å². The third-order valence-electron chi connectivity index (χ3n) is 4.55. The molecular weight excluding hydrogens is 400 g/mol. The third-order valence-corrected chi connectivity index (χ3v) is 4.55. The summed E-state index contributed by atoms with van der Waals surface area (Å²) in [6.45, 7) is -0.0979. The van der Waals surface area contributed by atoms with E-state index in [1.807, 2.05) is 60.7 Å². The maximum absolute atomic E-state index is 12.1. The number of carbonyl (C=O) groups is 3. The number of carboxylic acid groups (broad SMARTS) is 1. The highest BCUT2D eigenvalue weighted by molar-refractivity contribution is 5.83. The number of hydrogen-bond acceptors (Lipinski definition) is 5. The van der Waals surface area contributed by atoms with Gasteiger partial charge in [0.25, 0.3) is 0 Å². The molecule has 31 heavy (non-hydrogen) atoms. The zero-order valence-electron chi connectivity index (χ0n) is 17.2. The summed E-state index contributed by atoms with van der Waals surface area (Å²) in [5.74, 6) is -1.72. The Morgan fingerprint density at radius 3 is 2.16 bits per heavy atom. The predicted molar refractivity (Wildman–Crippen MR) is 114 cm³/mol. The maximum Gasteiger partial charge on any atom is 0.407 e. The Kier molecular flexibility index (Phi) is 10.0. The Balaban J connectivity index is 1.66. The zero-order chi connectivity index (χ0) is 22.5. The number of rotatable bonds is 12. The van der Waals surface area contributed by atoms with Crippen molar-refractivity contribution in [3.05, 3.63) is 71.8 Å². The largest absolute Gasteiger partial charge is 0.480 e. The van der Waals surface area contributed by atoms with Crippen molar-refractivity contribution in [2.75, 3.05) is 6.54 Å². The fraction of sp³-hybridized carbons (Fsp3) is 0.348. The van der Waals surface area contributed by atoms with Gasteiger partial charge in [0, 0.05) is 6.54 Å². The molecule has 2 aromatic carbocycles. The fourth-order valence-corrected chi connectivity index (χ4v) is 2.93. The summed E-state index contributed by atoms with van der Waals surface area (Å²) in [6, 6.07) is 17.7. The Hall–Kier alpha value is -3.39. The Bertz CT molecular complexity index is 828. The van der Waals surface area contributed by atoms with Crippen LogP contribution in [-0.2, 0) is 27.4 Å². The highest BCUT2D eigenvalue weighted by Crippen LogP contribution is 2.07. The van der Waals surface area contributed by atoms with Crippen LogP contribution in [0.5, 0.6) is 0 Å². The van der Waals surface area contributed by atoms with E-state index in [1.165, 1.54) is 0 Å². The average molecular weight is 428 g/mol. The van der Waals surface area contributed by atoms with Gasteiger partial charge in [0.05, 0.1) is 12.5 Å². The van der Waals surface area contributed by atoms with Crippen LogP contribution >= 0.6 is 0 Å². The van der Waals surface area contributed by atoms with E-state index in [0.717, 1.165) is 11.1 Å². The second-order valence-electron chi connectivity index (χ2n) is 7.14. The van der Waals surface area contributed by atoms with Crippen LogP contribution < -0.4 is 10.6 Å². The van der Waals surface area contributed by atoms with Crippen molar-refractivity contribution in [3.8, 4) is 0 Å².